The number of hydrogen-bond acceptors (Lipinski definition) is 30. The Kier molecular flexibility index (Phi) is 53.5. The van der Waals surface area contributed by atoms with E-state index in [9.17, 15) is 54.2 Å². The molecule has 3 aromatic carbocycles. The molecule has 45 heteroatoms. The summed E-state index contributed by atoms with van der Waals surface area (Å²) in [6, 6.07) is 23.2. The second kappa shape index (κ2) is 53.0. The summed E-state index contributed by atoms with van der Waals surface area (Å²) in [5.74, 6) is -0.652. The molecule has 6 aliphatic heterocycles. The van der Waals surface area contributed by atoms with Crippen molar-refractivity contribution in [3.05, 3.63) is 134 Å². The van der Waals surface area contributed by atoms with E-state index >= 15 is 0 Å². The van der Waals surface area contributed by atoms with Gasteiger partial charge in [0.1, 0.15) is 30.9 Å². The molecule has 6 fully saturated rings. The van der Waals surface area contributed by atoms with Gasteiger partial charge >= 0.3 is 207 Å². The van der Waals surface area contributed by atoms with Crippen LogP contribution in [0.15, 0.2) is 91.0 Å². The summed E-state index contributed by atoms with van der Waals surface area (Å²) in [6.07, 6.45) is -13.0. The quantitative estimate of drug-likeness (QED) is 0.00762. The monoisotopic (exact) mass is 1670 g/mol. The minimum absolute atomic E-state index is 0. The van der Waals surface area contributed by atoms with Crippen molar-refractivity contribution in [2.45, 2.75) is 196 Å². The first kappa shape index (κ1) is 109. The Bertz CT molecular complexity index is 3520. The third-order valence-electron chi connectivity index (χ3n) is 17.3. The van der Waals surface area contributed by atoms with Gasteiger partial charge in [0.2, 0.25) is 10.4 Å². The predicted molar refractivity (Wildman–Crippen MR) is 341 cm³/mol. The van der Waals surface area contributed by atoms with Crippen molar-refractivity contribution >= 4 is 41.3 Å². The van der Waals surface area contributed by atoms with Crippen molar-refractivity contribution in [3.63, 3.8) is 0 Å². The van der Waals surface area contributed by atoms with E-state index < -0.39 is 202 Å². The molecule has 6 saturated heterocycles. The molecule has 108 heavy (non-hydrogen) atoms. The molecule has 3 aromatic rings. The van der Waals surface area contributed by atoms with Crippen LogP contribution in [-0.4, -0.2) is 221 Å². The maximum Gasteiger partial charge on any atom is 1.00 e. The van der Waals surface area contributed by atoms with E-state index in [4.69, 9.17) is 95.0 Å². The molecular weight excluding hydrogens is 1580 g/mol. The zero-order valence-corrected chi connectivity index (χ0v) is 79.4. The van der Waals surface area contributed by atoms with Crippen LogP contribution in [0, 0.1) is 62.3 Å². The number of hydrogen-bond donors (Lipinski definition) is 7. The molecule has 0 amide bonds. The van der Waals surface area contributed by atoms with E-state index in [1.807, 2.05) is 48.0 Å². The van der Waals surface area contributed by atoms with E-state index in [1.165, 1.54) is 20.1 Å². The minimum Gasteiger partial charge on any atom is -0.735 e. The van der Waals surface area contributed by atoms with E-state index in [0.29, 0.717) is 12.8 Å². The molecule has 9 rings (SSSR count). The van der Waals surface area contributed by atoms with Crippen molar-refractivity contribution in [2.24, 2.45) is 23.7 Å². The fourth-order valence-corrected chi connectivity index (χ4v) is 14.2. The number of benzene rings is 3. The van der Waals surface area contributed by atoms with Gasteiger partial charge in [0, 0.05) is 43.3 Å². The summed E-state index contributed by atoms with van der Waals surface area (Å²) in [5, 5.41) is 32.4. The molecule has 0 aromatic heterocycles. The van der Waals surface area contributed by atoms with Gasteiger partial charge in [0.05, 0.1) is 94.9 Å². The van der Waals surface area contributed by atoms with Crippen LogP contribution in [0.5, 0.6) is 0 Å². The number of rotatable bonds is 32. The predicted octanol–water partition coefficient (Wildman–Crippen LogP) is -20.4. The SMILES string of the molecule is C#CCCCO[C@@H]1OC(CO)[C@H](O[C@H]2C[C@H](OCc3ccccc3)[C@@H](O[C@@H]3OC(CO)[C@H](O[C@H]4C[C@H](OCc5ccccc5)[C@@H](O[C@@H]5OC(CO)[C@H](O[C@H]6[CH-][C@H](OCc7ccccc7)[C@@H](C)[CH-]O6)[C@H](C)C5NS(=O)(=O)[O-])[CH-]O4)[C@H](C)C3NS(=O)(=O)[O-])[CH-]O2)[C@H](C)C1NS(=O)(=O)[O-].O=S(=O)([O-])O.[Na+].[Na+].[Na+].[Na+].[Na+].[Na+].[Na+]. The standard InChI is InChI=1S/C63H87N3O27S3.7Na.H2O4S/c1-6-7-17-24-79-61-55(64-94(70,71)72)38(3)58(47(28-67)86-61)92-53-26-45(81-33-42-20-13-9-14-21-42)50(35-84-53)90-63-57(66-96(76,77)78)40(5)60(49(30-69)88-63)93-54-27-46(82-34-43-22-15-10-16-23-43)51(36-85-54)89-62-56(65-95(73,74)75)39(4)59(48(29-68)87-62)91-52-25-44(37(2)31-83-52)80-32-41-18-11-8-12-19-41;;;;;;;;1-5(2,3)4/h1,8-16,18-23,25,31,35-40,44-69H,7,17,24,26-30,32-34H2,2-5H3,(H,70,71,72)(H,73,74,75)(H,76,77,78);;;;;;;;(H2,1,2,3,4)/q-4;7*+1;/p-4/t37-,38+,39+,40+,44-,45-,46-,47?,48?,49?,50-,51-,52-,53-,54-,55?,56?,57?,58+,59+,60+,61+,62-,63-;;;;;;;;/m0......../s1. The number of aliphatic hydroxyl groups is 3. The molecule has 34 nitrogen and oxygen atoms in total. The smallest absolute Gasteiger partial charge is 0.735 e. The molecule has 0 aliphatic carbocycles. The molecule has 7 N–H and O–H groups in total. The van der Waals surface area contributed by atoms with Gasteiger partial charge in [-0.2, -0.15) is 13.2 Å². The van der Waals surface area contributed by atoms with Crippen molar-refractivity contribution < 1.29 is 350 Å². The first-order valence-corrected chi connectivity index (χ1v) is 37.8. The summed E-state index contributed by atoms with van der Waals surface area (Å²) in [4.78, 5) is 0. The minimum atomic E-state index is -5.32. The number of aliphatic hydroxyl groups excluding tert-OH is 3. The van der Waals surface area contributed by atoms with Crippen LogP contribution in [0.1, 0.15) is 70.1 Å². The Labute approximate surface area is 786 Å². The summed E-state index contributed by atoms with van der Waals surface area (Å²) in [6.45, 7) is 8.72. The van der Waals surface area contributed by atoms with Gasteiger partial charge in [0.15, 0.2) is 49.8 Å². The van der Waals surface area contributed by atoms with Gasteiger partial charge in [-0.15, -0.1) is 18.3 Å². The average Bonchev–Trinajstić information content (AvgIpc) is 0.764. The topological polar surface area (TPSA) is 484 Å². The van der Waals surface area contributed by atoms with Gasteiger partial charge < -0.3 is 105 Å². The number of nitrogens with one attached hydrogen (secondary N) is 3. The van der Waals surface area contributed by atoms with Gasteiger partial charge in [-0.05, 0) is 35.3 Å². The Morgan fingerprint density at radius 3 is 1.18 bits per heavy atom. The first-order chi connectivity index (χ1) is 47.9. The fraction of sp³-hybridized carbons (Fsp3) is 0.619. The zero-order valence-electron chi connectivity index (χ0n) is 62.1. The Morgan fingerprint density at radius 1 is 0.481 bits per heavy atom. The van der Waals surface area contributed by atoms with Gasteiger partial charge in [0.25, 0.3) is 0 Å². The number of ether oxygens (including phenoxy) is 15. The molecule has 6 unspecified atom stereocenters. The molecule has 0 radical (unpaired) electrons. The molecule has 0 bridgehead atoms. The maximum absolute atomic E-state index is 12.7. The van der Waals surface area contributed by atoms with E-state index in [-0.39, 0.29) is 252 Å². The third kappa shape index (κ3) is 36.0. The van der Waals surface area contributed by atoms with Crippen LogP contribution >= 0.6 is 0 Å². The van der Waals surface area contributed by atoms with Crippen LogP contribution in [0.4, 0.5) is 0 Å². The van der Waals surface area contributed by atoms with Crippen molar-refractivity contribution in [1.29, 1.82) is 0 Å². The van der Waals surface area contributed by atoms with Crippen LogP contribution in [0.3, 0.4) is 0 Å². The molecule has 570 valence electrons. The molecule has 6 aliphatic rings. The molecule has 6 heterocycles. The number of terminal acetylenes is 1. The largest absolute Gasteiger partial charge is 1.00 e. The van der Waals surface area contributed by atoms with E-state index in [0.717, 1.165) is 16.7 Å². The molecule has 0 saturated carbocycles. The van der Waals surface area contributed by atoms with Crippen LogP contribution in [0.25, 0.3) is 0 Å². The van der Waals surface area contributed by atoms with Crippen molar-refractivity contribution in [1.82, 2.24) is 14.2 Å². The maximum atomic E-state index is 12.7. The summed E-state index contributed by atoms with van der Waals surface area (Å²) in [5.41, 5.74) is 2.39. The fourth-order valence-electron chi connectivity index (χ4n) is 12.3. The van der Waals surface area contributed by atoms with Gasteiger partial charge in [-0.1, -0.05) is 125 Å². The Morgan fingerprint density at radius 2 is 0.824 bits per heavy atom. The molecule has 0 spiro atoms. The Balaban J connectivity index is 0.00000470. The summed E-state index contributed by atoms with van der Waals surface area (Å²) in [7, 11) is -20.6. The van der Waals surface area contributed by atoms with Crippen LogP contribution in [0.2, 0.25) is 0 Å². The van der Waals surface area contributed by atoms with Gasteiger partial charge in [-0.25, -0.2) is 54.4 Å². The van der Waals surface area contributed by atoms with Crippen molar-refractivity contribution in [3.8, 4) is 12.3 Å². The van der Waals surface area contributed by atoms with Crippen molar-refractivity contribution in [2.75, 3.05) is 26.4 Å². The summed E-state index contributed by atoms with van der Waals surface area (Å²) >= 11 is 0. The van der Waals surface area contributed by atoms with Crippen LogP contribution in [-0.2, 0) is 132 Å². The Hall–Kier alpha value is 2.98. The zero-order chi connectivity index (χ0) is 73.2. The summed E-state index contributed by atoms with van der Waals surface area (Å²) < 4.78 is 245. The van der Waals surface area contributed by atoms with Gasteiger partial charge in [-0.3, -0.25) is 11.0 Å². The second-order valence-electron chi connectivity index (χ2n) is 24.7. The molecule has 24 atom stereocenters. The number of unbranched alkanes of at least 4 members (excludes halogenated alkanes) is 1. The first-order valence-electron chi connectivity index (χ1n) is 32.2. The average molecular weight is 1670 g/mol. The van der Waals surface area contributed by atoms with E-state index in [1.54, 1.807) is 81.5 Å². The second-order valence-corrected chi connectivity index (χ2v) is 28.9. The van der Waals surface area contributed by atoms with Crippen LogP contribution < -0.4 is 221 Å². The van der Waals surface area contributed by atoms with E-state index in [2.05, 4.69) is 15.4 Å². The third-order valence-corrected chi connectivity index (χ3v) is 19.0. The molecular formula is C63H85N3Na7O31S4-. The normalized spacial score (nSPS) is 32.9.